The van der Waals surface area contributed by atoms with Gasteiger partial charge in [-0.1, -0.05) is 0 Å². The van der Waals surface area contributed by atoms with Crippen molar-refractivity contribution in [1.82, 2.24) is 9.97 Å². The molecule has 18 heavy (non-hydrogen) atoms. The zero-order valence-corrected chi connectivity index (χ0v) is 11.5. The number of aryl methyl sites for hydroxylation is 2. The quantitative estimate of drug-likeness (QED) is 0.857. The fourth-order valence-electron chi connectivity index (χ4n) is 2.48. The minimum Gasteiger partial charge on any atom is -0.393 e. The highest BCUT2D eigenvalue weighted by Crippen LogP contribution is 2.34. The standard InChI is InChI=1S/C13H17N3OS/c1-8-9(2)18-13-11(8)12(14-7-15-13)16-5-3-10(17)4-6-16/h7,10,17H,3-6H2,1-2H3. The number of fused-ring (bicyclic) bond motifs is 1. The van der Waals surface area contributed by atoms with Crippen LogP contribution in [0.25, 0.3) is 10.2 Å². The summed E-state index contributed by atoms with van der Waals surface area (Å²) in [4.78, 5) is 13.5. The number of aliphatic hydroxyl groups excluding tert-OH is 1. The average molecular weight is 263 g/mol. The van der Waals surface area contributed by atoms with E-state index in [9.17, 15) is 5.11 Å². The Labute approximate surface area is 110 Å². The van der Waals surface area contributed by atoms with Crippen molar-refractivity contribution in [3.05, 3.63) is 16.8 Å². The lowest BCUT2D eigenvalue weighted by Crippen LogP contribution is -2.36. The first-order chi connectivity index (χ1) is 8.66. The van der Waals surface area contributed by atoms with Gasteiger partial charge in [-0.15, -0.1) is 11.3 Å². The van der Waals surface area contributed by atoms with E-state index < -0.39 is 0 Å². The summed E-state index contributed by atoms with van der Waals surface area (Å²) in [6.45, 7) is 6.02. The van der Waals surface area contributed by atoms with Gasteiger partial charge in [-0.3, -0.25) is 0 Å². The smallest absolute Gasteiger partial charge is 0.141 e. The van der Waals surface area contributed by atoms with Gasteiger partial charge < -0.3 is 10.0 Å². The summed E-state index contributed by atoms with van der Waals surface area (Å²) in [5.41, 5.74) is 1.29. The summed E-state index contributed by atoms with van der Waals surface area (Å²) in [6, 6.07) is 0. The van der Waals surface area contributed by atoms with Crippen LogP contribution in [0.3, 0.4) is 0 Å². The zero-order valence-electron chi connectivity index (χ0n) is 10.7. The lowest BCUT2D eigenvalue weighted by molar-refractivity contribution is 0.145. The molecular weight excluding hydrogens is 246 g/mol. The minimum atomic E-state index is -0.149. The van der Waals surface area contributed by atoms with Gasteiger partial charge in [0.05, 0.1) is 11.5 Å². The number of nitrogens with zero attached hydrogens (tertiary/aromatic N) is 3. The molecule has 0 amide bonds. The van der Waals surface area contributed by atoms with E-state index in [-0.39, 0.29) is 6.10 Å². The number of aliphatic hydroxyl groups is 1. The molecular formula is C13H17N3OS. The molecule has 0 spiro atoms. The molecule has 0 saturated carbocycles. The Hall–Kier alpha value is -1.20. The largest absolute Gasteiger partial charge is 0.393 e. The van der Waals surface area contributed by atoms with E-state index in [1.807, 2.05) is 0 Å². The third kappa shape index (κ3) is 1.87. The first kappa shape index (κ1) is 11.9. The summed E-state index contributed by atoms with van der Waals surface area (Å²) in [5, 5.41) is 10.8. The van der Waals surface area contributed by atoms with Crippen LogP contribution in [0.15, 0.2) is 6.33 Å². The number of hydrogen-bond acceptors (Lipinski definition) is 5. The maximum absolute atomic E-state index is 9.59. The zero-order chi connectivity index (χ0) is 12.7. The van der Waals surface area contributed by atoms with Crippen molar-refractivity contribution >= 4 is 27.4 Å². The van der Waals surface area contributed by atoms with Crippen molar-refractivity contribution < 1.29 is 5.11 Å². The van der Waals surface area contributed by atoms with Crippen molar-refractivity contribution in [2.75, 3.05) is 18.0 Å². The molecule has 5 heteroatoms. The van der Waals surface area contributed by atoms with Gasteiger partial charge in [0.1, 0.15) is 17.0 Å². The second-order valence-electron chi connectivity index (χ2n) is 4.88. The van der Waals surface area contributed by atoms with Crippen molar-refractivity contribution in [3.63, 3.8) is 0 Å². The SMILES string of the molecule is Cc1sc2ncnc(N3CCC(O)CC3)c2c1C. The molecule has 3 rings (SSSR count). The highest BCUT2D eigenvalue weighted by molar-refractivity contribution is 7.18. The topological polar surface area (TPSA) is 49.2 Å². The van der Waals surface area contributed by atoms with Gasteiger partial charge in [0.25, 0.3) is 0 Å². The van der Waals surface area contributed by atoms with Crippen molar-refractivity contribution in [2.45, 2.75) is 32.8 Å². The minimum absolute atomic E-state index is 0.149. The molecule has 4 nitrogen and oxygen atoms in total. The molecule has 0 atom stereocenters. The molecule has 2 aromatic rings. The van der Waals surface area contributed by atoms with Gasteiger partial charge in [-0.25, -0.2) is 9.97 Å². The maximum Gasteiger partial charge on any atom is 0.141 e. The van der Waals surface area contributed by atoms with Crippen LogP contribution in [0.4, 0.5) is 5.82 Å². The fraction of sp³-hybridized carbons (Fsp3) is 0.538. The van der Waals surface area contributed by atoms with Gasteiger partial charge in [0.15, 0.2) is 0 Å². The summed E-state index contributed by atoms with van der Waals surface area (Å²) in [7, 11) is 0. The third-order valence-corrected chi connectivity index (χ3v) is 4.82. The van der Waals surface area contributed by atoms with E-state index in [1.165, 1.54) is 15.8 Å². The van der Waals surface area contributed by atoms with Crippen molar-refractivity contribution in [3.8, 4) is 0 Å². The van der Waals surface area contributed by atoms with Gasteiger partial charge >= 0.3 is 0 Å². The Bertz CT molecular complexity index is 573. The first-order valence-electron chi connectivity index (χ1n) is 6.30. The van der Waals surface area contributed by atoms with E-state index >= 15 is 0 Å². The molecule has 0 radical (unpaired) electrons. The number of rotatable bonds is 1. The van der Waals surface area contributed by atoms with Crippen LogP contribution < -0.4 is 4.90 Å². The van der Waals surface area contributed by atoms with Crippen LogP contribution in [-0.4, -0.2) is 34.3 Å². The predicted octanol–water partition coefficient (Wildman–Crippen LogP) is 2.27. The number of hydrogen-bond donors (Lipinski definition) is 1. The van der Waals surface area contributed by atoms with Crippen LogP contribution in [0.1, 0.15) is 23.3 Å². The van der Waals surface area contributed by atoms with E-state index in [0.29, 0.717) is 0 Å². The lowest BCUT2D eigenvalue weighted by Gasteiger charge is -2.30. The van der Waals surface area contributed by atoms with Crippen LogP contribution in [-0.2, 0) is 0 Å². The van der Waals surface area contributed by atoms with Gasteiger partial charge in [0.2, 0.25) is 0 Å². The molecule has 1 N–H and O–H groups in total. The van der Waals surface area contributed by atoms with Crippen molar-refractivity contribution in [1.29, 1.82) is 0 Å². The maximum atomic E-state index is 9.59. The molecule has 1 aliphatic heterocycles. The van der Waals surface area contributed by atoms with Crippen molar-refractivity contribution in [2.24, 2.45) is 0 Å². The lowest BCUT2D eigenvalue weighted by atomic mass is 10.1. The summed E-state index contributed by atoms with van der Waals surface area (Å²) >= 11 is 1.73. The Morgan fingerprint density at radius 2 is 2.00 bits per heavy atom. The van der Waals surface area contributed by atoms with Crippen LogP contribution in [0, 0.1) is 13.8 Å². The third-order valence-electron chi connectivity index (χ3n) is 3.71. The molecule has 1 aliphatic rings. The van der Waals surface area contributed by atoms with Crippen LogP contribution in [0.5, 0.6) is 0 Å². The monoisotopic (exact) mass is 263 g/mol. The molecule has 96 valence electrons. The summed E-state index contributed by atoms with van der Waals surface area (Å²) < 4.78 is 0. The Balaban J connectivity index is 2.06. The van der Waals surface area contributed by atoms with E-state index in [4.69, 9.17) is 0 Å². The second kappa shape index (κ2) is 4.48. The molecule has 0 aromatic carbocycles. The van der Waals surface area contributed by atoms with Gasteiger partial charge in [-0.05, 0) is 32.3 Å². The van der Waals surface area contributed by atoms with Crippen LogP contribution >= 0.6 is 11.3 Å². The van der Waals surface area contributed by atoms with Gasteiger partial charge in [-0.2, -0.15) is 0 Å². The normalized spacial score (nSPS) is 17.6. The van der Waals surface area contributed by atoms with E-state index in [2.05, 4.69) is 28.7 Å². The molecule has 0 bridgehead atoms. The predicted molar refractivity (Wildman–Crippen MR) is 74.3 cm³/mol. The van der Waals surface area contributed by atoms with Gasteiger partial charge in [0, 0.05) is 18.0 Å². The highest BCUT2D eigenvalue weighted by atomic mass is 32.1. The van der Waals surface area contributed by atoms with Crippen LogP contribution in [0.2, 0.25) is 0 Å². The summed E-state index contributed by atoms with van der Waals surface area (Å²) in [5.74, 6) is 1.04. The number of aromatic nitrogens is 2. The Morgan fingerprint density at radius 3 is 2.72 bits per heavy atom. The molecule has 0 unspecified atom stereocenters. The molecule has 2 aromatic heterocycles. The van der Waals surface area contributed by atoms with E-state index in [1.54, 1.807) is 17.7 Å². The number of anilines is 1. The average Bonchev–Trinajstić information content (AvgIpc) is 2.66. The number of thiophene rings is 1. The Kier molecular flexibility index (Phi) is 2.95. The fourth-order valence-corrected chi connectivity index (χ4v) is 3.47. The number of piperidine rings is 1. The highest BCUT2D eigenvalue weighted by Gasteiger charge is 2.21. The second-order valence-corrected chi connectivity index (χ2v) is 6.08. The molecule has 3 heterocycles. The summed E-state index contributed by atoms with van der Waals surface area (Å²) in [6.07, 6.45) is 3.16. The molecule has 1 saturated heterocycles. The molecule has 0 aliphatic carbocycles. The van der Waals surface area contributed by atoms with E-state index in [0.717, 1.165) is 36.6 Å². The Morgan fingerprint density at radius 1 is 1.28 bits per heavy atom. The molecule has 1 fully saturated rings. The first-order valence-corrected chi connectivity index (χ1v) is 7.12.